The van der Waals surface area contributed by atoms with Gasteiger partial charge in [0.15, 0.2) is 0 Å². The summed E-state index contributed by atoms with van der Waals surface area (Å²) in [5.41, 5.74) is 1.36. The molecule has 1 aromatic heterocycles. The molecule has 0 aliphatic carbocycles. The van der Waals surface area contributed by atoms with Crippen LogP contribution in [-0.4, -0.2) is 27.3 Å². The van der Waals surface area contributed by atoms with E-state index in [4.69, 9.17) is 0 Å². The first-order valence-corrected chi connectivity index (χ1v) is 7.33. The SMILES string of the molecule is O=C(/C=C/c1ccccc1)N1CCC[C@@H]1c1ccnc(=O)[nH]1. The van der Waals surface area contributed by atoms with E-state index < -0.39 is 0 Å². The van der Waals surface area contributed by atoms with Crippen molar-refractivity contribution in [3.05, 3.63) is 70.4 Å². The minimum atomic E-state index is -0.378. The van der Waals surface area contributed by atoms with Crippen LogP contribution in [0.2, 0.25) is 0 Å². The Morgan fingerprint density at radius 3 is 2.86 bits per heavy atom. The van der Waals surface area contributed by atoms with Gasteiger partial charge in [-0.25, -0.2) is 9.78 Å². The average Bonchev–Trinajstić information content (AvgIpc) is 3.03. The molecule has 1 N–H and O–H groups in total. The molecule has 2 heterocycles. The number of hydrogen-bond donors (Lipinski definition) is 1. The summed E-state index contributed by atoms with van der Waals surface area (Å²) >= 11 is 0. The van der Waals surface area contributed by atoms with Gasteiger partial charge in [0.2, 0.25) is 5.91 Å². The van der Waals surface area contributed by atoms with Crippen LogP contribution in [-0.2, 0) is 4.79 Å². The Bertz CT molecular complexity index is 737. The van der Waals surface area contributed by atoms with Crippen LogP contribution in [0.1, 0.15) is 30.1 Å². The molecule has 0 bridgehead atoms. The Labute approximate surface area is 128 Å². The van der Waals surface area contributed by atoms with Crippen LogP contribution < -0.4 is 5.69 Å². The number of H-pyrrole nitrogens is 1. The minimum absolute atomic E-state index is 0.0379. The van der Waals surface area contributed by atoms with Crippen LogP contribution in [0.3, 0.4) is 0 Å². The lowest BCUT2D eigenvalue weighted by atomic mass is 10.1. The maximum Gasteiger partial charge on any atom is 0.345 e. The molecule has 3 rings (SSSR count). The van der Waals surface area contributed by atoms with Crippen LogP contribution in [0.5, 0.6) is 0 Å². The number of rotatable bonds is 3. The number of amides is 1. The maximum absolute atomic E-state index is 12.4. The van der Waals surface area contributed by atoms with Crippen molar-refractivity contribution in [2.45, 2.75) is 18.9 Å². The Balaban J connectivity index is 1.77. The van der Waals surface area contributed by atoms with E-state index in [2.05, 4.69) is 9.97 Å². The van der Waals surface area contributed by atoms with Gasteiger partial charge in [0.25, 0.3) is 0 Å². The number of carbonyl (C=O) groups is 1. The van der Waals surface area contributed by atoms with E-state index >= 15 is 0 Å². The van der Waals surface area contributed by atoms with Crippen molar-refractivity contribution in [1.82, 2.24) is 14.9 Å². The van der Waals surface area contributed by atoms with Gasteiger partial charge in [0, 0.05) is 24.5 Å². The smallest absolute Gasteiger partial charge is 0.331 e. The van der Waals surface area contributed by atoms with Gasteiger partial charge in [-0.3, -0.25) is 4.79 Å². The van der Waals surface area contributed by atoms with Gasteiger partial charge in [0.1, 0.15) is 0 Å². The Hall–Kier alpha value is -2.69. The lowest BCUT2D eigenvalue weighted by molar-refractivity contribution is -0.126. The number of nitrogens with one attached hydrogen (secondary N) is 1. The zero-order valence-corrected chi connectivity index (χ0v) is 12.1. The topological polar surface area (TPSA) is 66.1 Å². The van der Waals surface area contributed by atoms with Crippen LogP contribution >= 0.6 is 0 Å². The van der Waals surface area contributed by atoms with E-state index in [0.717, 1.165) is 24.1 Å². The Morgan fingerprint density at radius 1 is 1.27 bits per heavy atom. The molecule has 0 saturated carbocycles. The van der Waals surface area contributed by atoms with Crippen molar-refractivity contribution >= 4 is 12.0 Å². The fraction of sp³-hybridized carbons (Fsp3) is 0.235. The van der Waals surface area contributed by atoms with Gasteiger partial charge < -0.3 is 9.88 Å². The molecule has 1 atom stereocenters. The number of hydrogen-bond acceptors (Lipinski definition) is 3. The Kier molecular flexibility index (Phi) is 4.14. The molecule has 0 spiro atoms. The molecule has 1 aromatic carbocycles. The molecule has 22 heavy (non-hydrogen) atoms. The zero-order chi connectivity index (χ0) is 15.4. The van der Waals surface area contributed by atoms with Gasteiger partial charge in [-0.05, 0) is 30.5 Å². The van der Waals surface area contributed by atoms with Crippen LogP contribution in [0.4, 0.5) is 0 Å². The molecule has 112 valence electrons. The third kappa shape index (κ3) is 3.14. The predicted octanol–water partition coefficient (Wildman–Crippen LogP) is 2.15. The fourth-order valence-corrected chi connectivity index (χ4v) is 2.76. The highest BCUT2D eigenvalue weighted by Gasteiger charge is 2.29. The summed E-state index contributed by atoms with van der Waals surface area (Å²) in [4.78, 5) is 31.9. The molecule has 5 heteroatoms. The molecular formula is C17H17N3O2. The highest BCUT2D eigenvalue weighted by Crippen LogP contribution is 2.30. The number of aromatic nitrogens is 2. The minimum Gasteiger partial charge on any atom is -0.331 e. The van der Waals surface area contributed by atoms with Crippen molar-refractivity contribution in [3.8, 4) is 0 Å². The number of carbonyl (C=O) groups excluding carboxylic acids is 1. The quantitative estimate of drug-likeness (QED) is 0.882. The van der Waals surface area contributed by atoms with Gasteiger partial charge in [-0.2, -0.15) is 0 Å². The predicted molar refractivity (Wildman–Crippen MR) is 84.0 cm³/mol. The summed E-state index contributed by atoms with van der Waals surface area (Å²) in [5.74, 6) is -0.0379. The highest BCUT2D eigenvalue weighted by atomic mass is 16.2. The molecule has 5 nitrogen and oxygen atoms in total. The van der Waals surface area contributed by atoms with E-state index in [1.807, 2.05) is 36.4 Å². The van der Waals surface area contributed by atoms with Gasteiger partial charge in [0.05, 0.1) is 6.04 Å². The first-order valence-electron chi connectivity index (χ1n) is 7.33. The third-order valence-electron chi connectivity index (χ3n) is 3.81. The molecule has 0 unspecified atom stereocenters. The van der Waals surface area contributed by atoms with Crippen molar-refractivity contribution in [2.75, 3.05) is 6.54 Å². The second-order valence-corrected chi connectivity index (χ2v) is 5.26. The monoisotopic (exact) mass is 295 g/mol. The fourth-order valence-electron chi connectivity index (χ4n) is 2.76. The van der Waals surface area contributed by atoms with E-state index in [1.165, 1.54) is 6.20 Å². The first-order chi connectivity index (χ1) is 10.7. The lowest BCUT2D eigenvalue weighted by Gasteiger charge is -2.23. The van der Waals surface area contributed by atoms with Crippen molar-refractivity contribution in [2.24, 2.45) is 0 Å². The third-order valence-corrected chi connectivity index (χ3v) is 3.81. The standard InChI is InChI=1S/C17H17N3O2/c21-16(9-8-13-5-2-1-3-6-13)20-12-4-7-15(20)14-10-11-18-17(22)19-14/h1-3,5-6,8-11,15H,4,7,12H2,(H,18,19,22)/b9-8+/t15-/m1/s1. The normalized spacial score (nSPS) is 18.0. The maximum atomic E-state index is 12.4. The summed E-state index contributed by atoms with van der Waals surface area (Å²) in [6.45, 7) is 0.701. The molecule has 1 amide bonds. The number of benzene rings is 1. The number of aromatic amines is 1. The highest BCUT2D eigenvalue weighted by molar-refractivity contribution is 5.92. The van der Waals surface area contributed by atoms with E-state index in [-0.39, 0.29) is 17.6 Å². The summed E-state index contributed by atoms with van der Waals surface area (Å²) in [7, 11) is 0. The molecule has 1 fully saturated rings. The van der Waals surface area contributed by atoms with Crippen molar-refractivity contribution < 1.29 is 4.79 Å². The van der Waals surface area contributed by atoms with E-state index in [0.29, 0.717) is 6.54 Å². The summed E-state index contributed by atoms with van der Waals surface area (Å²) in [6.07, 6.45) is 6.67. The van der Waals surface area contributed by atoms with Crippen LogP contribution in [0.15, 0.2) is 53.5 Å². The number of likely N-dealkylation sites (tertiary alicyclic amines) is 1. The van der Waals surface area contributed by atoms with Crippen LogP contribution in [0, 0.1) is 0 Å². The first kappa shape index (κ1) is 14.3. The Morgan fingerprint density at radius 2 is 2.09 bits per heavy atom. The molecule has 1 aliphatic heterocycles. The molecule has 1 aliphatic rings. The number of nitrogens with zero attached hydrogens (tertiary/aromatic N) is 2. The zero-order valence-electron chi connectivity index (χ0n) is 12.1. The molecule has 2 aromatic rings. The largest absolute Gasteiger partial charge is 0.345 e. The molecule has 1 saturated heterocycles. The van der Waals surface area contributed by atoms with Crippen molar-refractivity contribution in [1.29, 1.82) is 0 Å². The van der Waals surface area contributed by atoms with Gasteiger partial charge in [-0.15, -0.1) is 0 Å². The van der Waals surface area contributed by atoms with Gasteiger partial charge in [-0.1, -0.05) is 30.3 Å². The lowest BCUT2D eigenvalue weighted by Crippen LogP contribution is -2.30. The van der Waals surface area contributed by atoms with E-state index in [1.54, 1.807) is 17.0 Å². The summed E-state index contributed by atoms with van der Waals surface area (Å²) in [6, 6.07) is 11.4. The average molecular weight is 295 g/mol. The second kappa shape index (κ2) is 6.39. The van der Waals surface area contributed by atoms with E-state index in [9.17, 15) is 9.59 Å². The summed E-state index contributed by atoms with van der Waals surface area (Å²) in [5, 5.41) is 0. The molecule has 0 radical (unpaired) electrons. The van der Waals surface area contributed by atoms with Crippen LogP contribution in [0.25, 0.3) is 6.08 Å². The molecular weight excluding hydrogens is 278 g/mol. The summed E-state index contributed by atoms with van der Waals surface area (Å²) < 4.78 is 0. The van der Waals surface area contributed by atoms with Crippen molar-refractivity contribution in [3.63, 3.8) is 0 Å². The van der Waals surface area contributed by atoms with Gasteiger partial charge >= 0.3 is 5.69 Å². The second-order valence-electron chi connectivity index (χ2n) is 5.26.